The number of anilines is 1. The number of hydrogen-bond donors (Lipinski definition) is 0. The lowest BCUT2D eigenvalue weighted by atomic mass is 10.0. The van der Waals surface area contributed by atoms with E-state index in [-0.39, 0.29) is 4.90 Å². The Hall–Kier alpha value is -2.60. The third kappa shape index (κ3) is 4.06. The van der Waals surface area contributed by atoms with Gasteiger partial charge in [0.15, 0.2) is 0 Å². The summed E-state index contributed by atoms with van der Waals surface area (Å²) in [5.74, 6) is -0.405. The molecule has 1 aliphatic heterocycles. The number of fused-ring (bicyclic) bond motifs is 1. The van der Waals surface area contributed by atoms with Crippen molar-refractivity contribution in [2.75, 3.05) is 17.5 Å². The zero-order chi connectivity index (χ0) is 19.4. The molecule has 3 rings (SSSR count). The van der Waals surface area contributed by atoms with E-state index in [2.05, 4.69) is 0 Å². The Morgan fingerprint density at radius 1 is 1.15 bits per heavy atom. The van der Waals surface area contributed by atoms with E-state index in [1.54, 1.807) is 37.3 Å². The quantitative estimate of drug-likeness (QED) is 0.591. The van der Waals surface area contributed by atoms with Crippen LogP contribution >= 0.6 is 0 Å². The molecule has 142 valence electrons. The number of carbonyl (C=O) groups is 1. The molecule has 0 radical (unpaired) electrons. The molecule has 0 aliphatic carbocycles. The molecule has 2 aromatic rings. The van der Waals surface area contributed by atoms with Crippen LogP contribution in [-0.2, 0) is 19.6 Å². The van der Waals surface area contributed by atoms with E-state index < -0.39 is 16.0 Å². The first kappa shape index (κ1) is 19.2. The summed E-state index contributed by atoms with van der Waals surface area (Å²) in [5.41, 5.74) is 3.14. The average Bonchev–Trinajstić information content (AvgIpc) is 2.82. The number of rotatable bonds is 4. The molecule has 1 heterocycles. The molecule has 0 atom stereocenters. The summed E-state index contributed by atoms with van der Waals surface area (Å²) < 4.78 is 33.0. The highest BCUT2D eigenvalue weighted by Gasteiger charge is 2.29. The number of para-hydroxylation sites is 1. The number of nitrogens with zero attached hydrogens (tertiary/aromatic N) is 1. The molecule has 0 spiro atoms. The van der Waals surface area contributed by atoms with Gasteiger partial charge in [0.1, 0.15) is 0 Å². The smallest absolute Gasteiger partial charge is 0.331 e. The maximum absolute atomic E-state index is 13.3. The van der Waals surface area contributed by atoms with E-state index in [1.165, 1.54) is 10.4 Å². The molecule has 0 amide bonds. The average molecular weight is 385 g/mol. The third-order valence-electron chi connectivity index (χ3n) is 4.51. The van der Waals surface area contributed by atoms with Gasteiger partial charge in [-0.1, -0.05) is 35.9 Å². The van der Waals surface area contributed by atoms with E-state index in [0.29, 0.717) is 31.7 Å². The fourth-order valence-electron chi connectivity index (χ4n) is 3.19. The minimum absolute atomic E-state index is 0.265. The molecular formula is C21H23NO4S. The van der Waals surface area contributed by atoms with Crippen molar-refractivity contribution in [3.63, 3.8) is 0 Å². The second-order valence-electron chi connectivity index (χ2n) is 6.43. The van der Waals surface area contributed by atoms with Gasteiger partial charge in [-0.15, -0.1) is 0 Å². The zero-order valence-corrected chi connectivity index (χ0v) is 16.3. The van der Waals surface area contributed by atoms with Crippen LogP contribution in [0, 0.1) is 6.92 Å². The molecule has 0 saturated heterocycles. The van der Waals surface area contributed by atoms with Crippen LogP contribution in [0.3, 0.4) is 0 Å². The first-order valence-corrected chi connectivity index (χ1v) is 10.4. The van der Waals surface area contributed by atoms with E-state index in [9.17, 15) is 13.2 Å². The summed E-state index contributed by atoms with van der Waals surface area (Å²) in [7, 11) is -3.69. The summed E-state index contributed by atoms with van der Waals surface area (Å²) in [5, 5.41) is 0. The second-order valence-corrected chi connectivity index (χ2v) is 8.29. The maximum Gasteiger partial charge on any atom is 0.331 e. The van der Waals surface area contributed by atoms with Crippen LogP contribution in [-0.4, -0.2) is 27.5 Å². The minimum atomic E-state index is -3.69. The minimum Gasteiger partial charge on any atom is -0.463 e. The van der Waals surface area contributed by atoms with Gasteiger partial charge in [-0.25, -0.2) is 13.2 Å². The van der Waals surface area contributed by atoms with Crippen molar-refractivity contribution in [1.29, 1.82) is 0 Å². The third-order valence-corrected chi connectivity index (χ3v) is 6.34. The summed E-state index contributed by atoms with van der Waals surface area (Å²) in [6.45, 7) is 4.34. The Kier molecular flexibility index (Phi) is 5.65. The predicted octanol–water partition coefficient (Wildman–Crippen LogP) is 3.93. The van der Waals surface area contributed by atoms with Crippen LogP contribution in [0.4, 0.5) is 5.69 Å². The molecule has 0 fully saturated rings. The zero-order valence-electron chi connectivity index (χ0n) is 15.5. The number of sulfonamides is 1. The van der Waals surface area contributed by atoms with Gasteiger partial charge in [0.2, 0.25) is 0 Å². The molecule has 0 unspecified atom stereocenters. The maximum atomic E-state index is 13.3. The fourth-order valence-corrected chi connectivity index (χ4v) is 4.72. The van der Waals surface area contributed by atoms with E-state index in [4.69, 9.17) is 4.74 Å². The molecule has 1 aliphatic rings. The van der Waals surface area contributed by atoms with Crippen LogP contribution in [0.15, 0.2) is 59.5 Å². The van der Waals surface area contributed by atoms with Gasteiger partial charge in [0, 0.05) is 18.2 Å². The highest BCUT2D eigenvalue weighted by Crippen LogP contribution is 2.36. The Morgan fingerprint density at radius 2 is 1.85 bits per heavy atom. The highest BCUT2D eigenvalue weighted by atomic mass is 32.2. The Balaban J connectivity index is 2.07. The molecule has 0 N–H and O–H groups in total. The van der Waals surface area contributed by atoms with E-state index in [1.807, 2.05) is 25.1 Å². The molecule has 0 aromatic heterocycles. The van der Waals surface area contributed by atoms with Crippen molar-refractivity contribution < 1.29 is 17.9 Å². The molecule has 27 heavy (non-hydrogen) atoms. The van der Waals surface area contributed by atoms with Crippen molar-refractivity contribution in [2.24, 2.45) is 0 Å². The topological polar surface area (TPSA) is 63.7 Å². The van der Waals surface area contributed by atoms with Crippen LogP contribution in [0.5, 0.6) is 0 Å². The summed E-state index contributed by atoms with van der Waals surface area (Å²) in [6, 6.07) is 14.1. The van der Waals surface area contributed by atoms with Crippen molar-refractivity contribution in [2.45, 2.75) is 31.6 Å². The number of benzene rings is 2. The molecule has 2 aromatic carbocycles. The van der Waals surface area contributed by atoms with Crippen LogP contribution in [0.25, 0.3) is 5.57 Å². The molecule has 0 saturated carbocycles. The number of carbonyl (C=O) groups excluding carboxylic acids is 1. The SMILES string of the molecule is CCOC(=O)C=C1CCCN(S(=O)(=O)c2ccc(C)cc2)c2ccccc21. The van der Waals surface area contributed by atoms with E-state index >= 15 is 0 Å². The summed E-state index contributed by atoms with van der Waals surface area (Å²) in [4.78, 5) is 12.2. The lowest BCUT2D eigenvalue weighted by Gasteiger charge is -2.24. The largest absolute Gasteiger partial charge is 0.463 e. The Labute approximate surface area is 160 Å². The van der Waals surface area contributed by atoms with Crippen molar-refractivity contribution in [3.8, 4) is 0 Å². The van der Waals surface area contributed by atoms with Gasteiger partial charge in [-0.3, -0.25) is 4.31 Å². The number of aryl methyl sites for hydroxylation is 1. The highest BCUT2D eigenvalue weighted by molar-refractivity contribution is 7.92. The lowest BCUT2D eigenvalue weighted by molar-refractivity contribution is -0.137. The first-order valence-electron chi connectivity index (χ1n) is 8.99. The monoisotopic (exact) mass is 385 g/mol. The van der Waals surface area contributed by atoms with Crippen molar-refractivity contribution in [3.05, 3.63) is 65.7 Å². The van der Waals surface area contributed by atoms with Gasteiger partial charge in [0.25, 0.3) is 10.0 Å². The van der Waals surface area contributed by atoms with Crippen LogP contribution in [0.1, 0.15) is 30.9 Å². The van der Waals surface area contributed by atoms with Crippen LogP contribution in [0.2, 0.25) is 0 Å². The number of allylic oxidation sites excluding steroid dienone is 1. The Morgan fingerprint density at radius 3 is 2.56 bits per heavy atom. The molecule has 6 heteroatoms. The summed E-state index contributed by atoms with van der Waals surface area (Å²) >= 11 is 0. The number of esters is 1. The predicted molar refractivity (Wildman–Crippen MR) is 106 cm³/mol. The molecule has 0 bridgehead atoms. The van der Waals surface area contributed by atoms with Crippen molar-refractivity contribution >= 4 is 27.3 Å². The van der Waals surface area contributed by atoms with E-state index in [0.717, 1.165) is 16.7 Å². The Bertz CT molecular complexity index is 962. The van der Waals surface area contributed by atoms with Crippen molar-refractivity contribution in [1.82, 2.24) is 0 Å². The first-order chi connectivity index (χ1) is 12.9. The second kappa shape index (κ2) is 7.96. The van der Waals surface area contributed by atoms with Gasteiger partial charge in [-0.05, 0) is 50.5 Å². The standard InChI is InChI=1S/C21H23NO4S/c1-3-26-21(23)15-17-7-6-14-22(20-9-5-4-8-19(17)20)27(24,25)18-12-10-16(2)11-13-18/h4-5,8-13,15H,3,6-7,14H2,1-2H3. The van der Waals surface area contributed by atoms with Gasteiger partial charge >= 0.3 is 5.97 Å². The molecule has 5 nitrogen and oxygen atoms in total. The normalized spacial score (nSPS) is 15.9. The number of ether oxygens (including phenoxy) is 1. The lowest BCUT2D eigenvalue weighted by Crippen LogP contribution is -2.31. The van der Waals surface area contributed by atoms with Crippen LogP contribution < -0.4 is 4.31 Å². The summed E-state index contributed by atoms with van der Waals surface area (Å²) in [6.07, 6.45) is 2.70. The van der Waals surface area contributed by atoms with Gasteiger partial charge in [-0.2, -0.15) is 0 Å². The molecular weight excluding hydrogens is 362 g/mol. The van der Waals surface area contributed by atoms with Gasteiger partial charge in [0.05, 0.1) is 17.2 Å². The number of hydrogen-bond acceptors (Lipinski definition) is 4. The fraction of sp³-hybridized carbons (Fsp3) is 0.286. The van der Waals surface area contributed by atoms with Gasteiger partial charge < -0.3 is 4.74 Å².